The Hall–Kier alpha value is -3.79. The molecular formula is C19H20FN9. The van der Waals surface area contributed by atoms with E-state index in [1.54, 1.807) is 54.2 Å². The van der Waals surface area contributed by atoms with Crippen molar-refractivity contribution in [2.45, 2.75) is 6.54 Å². The zero-order chi connectivity index (χ0) is 20.5. The highest BCUT2D eigenvalue weighted by Crippen LogP contribution is 2.31. The molecule has 0 radical (unpaired) electrons. The molecule has 29 heavy (non-hydrogen) atoms. The second-order valence-corrected chi connectivity index (χ2v) is 6.42. The van der Waals surface area contributed by atoms with Crippen LogP contribution in [0.1, 0.15) is 5.56 Å². The molecule has 0 fully saturated rings. The van der Waals surface area contributed by atoms with Crippen LogP contribution in [0.5, 0.6) is 0 Å². The van der Waals surface area contributed by atoms with Crippen molar-refractivity contribution < 1.29 is 4.39 Å². The number of rotatable bonds is 5. The summed E-state index contributed by atoms with van der Waals surface area (Å²) < 4.78 is 15.8. The van der Waals surface area contributed by atoms with E-state index in [9.17, 15) is 4.39 Å². The molecule has 0 spiro atoms. The van der Waals surface area contributed by atoms with Gasteiger partial charge >= 0.3 is 0 Å². The Labute approximate surface area is 166 Å². The van der Waals surface area contributed by atoms with Crippen LogP contribution in [0.3, 0.4) is 0 Å². The van der Waals surface area contributed by atoms with Gasteiger partial charge in [-0.05, 0) is 18.2 Å². The Kier molecular flexibility index (Phi) is 4.69. The topological polar surface area (TPSA) is 124 Å². The fourth-order valence-corrected chi connectivity index (χ4v) is 3.12. The van der Waals surface area contributed by atoms with Gasteiger partial charge in [0.05, 0.1) is 11.9 Å². The molecule has 0 aliphatic heterocycles. The maximum atomic E-state index is 14.1. The molecule has 3 aromatic heterocycles. The minimum Gasteiger partial charge on any atom is -0.382 e. The molecule has 1 aromatic carbocycles. The lowest BCUT2D eigenvalue weighted by Gasteiger charge is -2.20. The summed E-state index contributed by atoms with van der Waals surface area (Å²) in [6, 6.07) is 10.2. The number of fused-ring (bicyclic) bond motifs is 1. The first kappa shape index (κ1) is 18.6. The van der Waals surface area contributed by atoms with E-state index < -0.39 is 0 Å². The lowest BCUT2D eigenvalue weighted by Crippen LogP contribution is -2.32. The third-order valence-electron chi connectivity index (χ3n) is 4.61. The number of nitrogens with zero attached hydrogens (tertiary/aromatic N) is 6. The van der Waals surface area contributed by atoms with Crippen LogP contribution in [-0.4, -0.2) is 38.8 Å². The molecule has 3 heterocycles. The van der Waals surface area contributed by atoms with E-state index in [0.717, 1.165) is 5.39 Å². The second kappa shape index (κ2) is 7.32. The monoisotopic (exact) mass is 393 g/mol. The van der Waals surface area contributed by atoms with Gasteiger partial charge in [0, 0.05) is 25.9 Å². The number of nitrogen functional groups attached to an aromatic ring is 2. The van der Waals surface area contributed by atoms with E-state index in [1.807, 2.05) is 6.07 Å². The molecule has 0 atom stereocenters. The molecule has 10 heteroatoms. The third-order valence-corrected chi connectivity index (χ3v) is 4.61. The fraction of sp³-hybridized carbons (Fsp3) is 0.158. The molecule has 0 bridgehead atoms. The Morgan fingerprint density at radius 1 is 1.10 bits per heavy atom. The maximum Gasteiger partial charge on any atom is 0.184 e. The van der Waals surface area contributed by atoms with Crippen molar-refractivity contribution in [1.29, 1.82) is 0 Å². The number of pyridine rings is 1. The molecule has 4 aromatic rings. The lowest BCUT2D eigenvalue weighted by atomic mass is 10.2. The maximum absolute atomic E-state index is 14.1. The first-order chi connectivity index (χ1) is 14.0. The zero-order valence-electron chi connectivity index (χ0n) is 16.0. The molecule has 5 N–H and O–H groups in total. The smallest absolute Gasteiger partial charge is 0.184 e. The number of aromatic nitrogens is 5. The number of halogens is 1. The molecule has 0 saturated heterocycles. The number of anilines is 3. The Bertz CT molecular complexity index is 1160. The van der Waals surface area contributed by atoms with Crippen LogP contribution in [0.2, 0.25) is 0 Å². The first-order valence-corrected chi connectivity index (χ1v) is 8.89. The van der Waals surface area contributed by atoms with Crippen LogP contribution >= 0.6 is 0 Å². The van der Waals surface area contributed by atoms with Gasteiger partial charge in [0.15, 0.2) is 23.1 Å². The van der Waals surface area contributed by atoms with E-state index in [4.69, 9.17) is 11.5 Å². The summed E-state index contributed by atoms with van der Waals surface area (Å²) in [6.45, 7) is 0.214. The molecule has 4 rings (SSSR count). The summed E-state index contributed by atoms with van der Waals surface area (Å²) in [7, 11) is 3.49. The highest BCUT2D eigenvalue weighted by Gasteiger charge is 2.20. The summed E-state index contributed by atoms with van der Waals surface area (Å²) in [5.74, 6) is 0.395. The molecule has 9 nitrogen and oxygen atoms in total. The molecule has 0 aliphatic carbocycles. The van der Waals surface area contributed by atoms with Crippen LogP contribution in [0.15, 0.2) is 42.6 Å². The number of nitrogens with two attached hydrogens (primary N) is 2. The standard InChI is InChI=1S/C19H20FN9/c1-23-28(2)15-16(21)25-18(26-17(15)22)14-12-7-5-9-24-19(12)29(27-14)10-11-6-3-4-8-13(11)20/h3-9,23H,10H2,1-2H3,(H4,21,22,25,26). The number of benzene rings is 1. The van der Waals surface area contributed by atoms with Gasteiger partial charge in [-0.15, -0.1) is 0 Å². The number of hydrazine groups is 1. The Morgan fingerprint density at radius 3 is 2.52 bits per heavy atom. The van der Waals surface area contributed by atoms with Gasteiger partial charge in [-0.2, -0.15) is 5.10 Å². The van der Waals surface area contributed by atoms with E-state index in [0.29, 0.717) is 22.6 Å². The van der Waals surface area contributed by atoms with Gasteiger partial charge in [-0.3, -0.25) is 0 Å². The van der Waals surface area contributed by atoms with Gasteiger partial charge in [0.2, 0.25) is 0 Å². The van der Waals surface area contributed by atoms with E-state index in [2.05, 4.69) is 25.5 Å². The van der Waals surface area contributed by atoms with Gasteiger partial charge in [-0.25, -0.2) is 29.4 Å². The average Bonchev–Trinajstić information content (AvgIpc) is 3.07. The largest absolute Gasteiger partial charge is 0.382 e. The summed E-state index contributed by atoms with van der Waals surface area (Å²) in [6.07, 6.45) is 1.65. The predicted octanol–water partition coefficient (Wildman–Crippen LogP) is 1.81. The second-order valence-electron chi connectivity index (χ2n) is 6.42. The van der Waals surface area contributed by atoms with Crippen LogP contribution < -0.4 is 21.9 Å². The highest BCUT2D eigenvalue weighted by molar-refractivity contribution is 5.90. The SMILES string of the molecule is CNN(C)c1c(N)nc(-c2nn(Cc3ccccc3F)c3ncccc23)nc1N. The molecule has 0 unspecified atom stereocenters. The third kappa shape index (κ3) is 3.29. The highest BCUT2D eigenvalue weighted by atomic mass is 19.1. The number of hydrogen-bond donors (Lipinski definition) is 3. The van der Waals surface area contributed by atoms with Gasteiger partial charge in [-0.1, -0.05) is 18.2 Å². The van der Waals surface area contributed by atoms with Gasteiger partial charge < -0.3 is 16.5 Å². The van der Waals surface area contributed by atoms with Crippen molar-refractivity contribution >= 4 is 28.4 Å². The molecule has 0 aliphatic rings. The molecule has 0 amide bonds. The van der Waals surface area contributed by atoms with Crippen LogP contribution in [0, 0.1) is 5.82 Å². The Morgan fingerprint density at radius 2 is 1.83 bits per heavy atom. The fourth-order valence-electron chi connectivity index (χ4n) is 3.12. The summed E-state index contributed by atoms with van der Waals surface area (Å²) >= 11 is 0. The van der Waals surface area contributed by atoms with Crippen molar-refractivity contribution in [3.05, 3.63) is 54.0 Å². The normalized spacial score (nSPS) is 11.1. The average molecular weight is 393 g/mol. The van der Waals surface area contributed by atoms with E-state index >= 15 is 0 Å². The van der Waals surface area contributed by atoms with E-state index in [-0.39, 0.29) is 29.8 Å². The van der Waals surface area contributed by atoms with Crippen molar-refractivity contribution in [2.24, 2.45) is 0 Å². The number of hydrogen-bond acceptors (Lipinski definition) is 8. The van der Waals surface area contributed by atoms with Crippen molar-refractivity contribution in [2.75, 3.05) is 30.6 Å². The quantitative estimate of drug-likeness (QED) is 0.439. The van der Waals surface area contributed by atoms with Crippen molar-refractivity contribution in [3.8, 4) is 11.5 Å². The summed E-state index contributed by atoms with van der Waals surface area (Å²) in [5.41, 5.74) is 17.2. The minimum atomic E-state index is -0.308. The van der Waals surface area contributed by atoms with Crippen LogP contribution in [0.25, 0.3) is 22.6 Å². The minimum absolute atomic E-state index is 0.213. The van der Waals surface area contributed by atoms with Crippen molar-refractivity contribution in [3.63, 3.8) is 0 Å². The number of nitrogens with one attached hydrogen (secondary N) is 1. The summed E-state index contributed by atoms with van der Waals surface area (Å²) in [4.78, 5) is 13.2. The predicted molar refractivity (Wildman–Crippen MR) is 110 cm³/mol. The lowest BCUT2D eigenvalue weighted by molar-refractivity contribution is 0.589. The molecule has 148 valence electrons. The van der Waals surface area contributed by atoms with Crippen LogP contribution in [0.4, 0.5) is 21.7 Å². The van der Waals surface area contributed by atoms with Crippen LogP contribution in [-0.2, 0) is 6.54 Å². The molecular weight excluding hydrogens is 373 g/mol. The molecule has 0 saturated carbocycles. The van der Waals surface area contributed by atoms with Gasteiger partial charge in [0.25, 0.3) is 0 Å². The van der Waals surface area contributed by atoms with E-state index in [1.165, 1.54) is 6.07 Å². The summed E-state index contributed by atoms with van der Waals surface area (Å²) in [5, 5.41) is 6.94. The first-order valence-electron chi connectivity index (χ1n) is 8.89. The van der Waals surface area contributed by atoms with Gasteiger partial charge in [0.1, 0.15) is 17.2 Å². The Balaban J connectivity index is 1.84. The zero-order valence-corrected chi connectivity index (χ0v) is 16.0. The van der Waals surface area contributed by atoms with Crippen molar-refractivity contribution in [1.82, 2.24) is 30.2 Å².